The molecule has 0 saturated heterocycles. The van der Waals surface area contributed by atoms with E-state index in [0.717, 1.165) is 48.9 Å². The SMILES string of the molecule is CCc1nn(CC)c(CNCC(Cl)CC)c1Cl. The van der Waals surface area contributed by atoms with E-state index >= 15 is 0 Å². The summed E-state index contributed by atoms with van der Waals surface area (Å²) in [5.74, 6) is 0. The molecule has 98 valence electrons. The molecule has 1 aromatic rings. The Morgan fingerprint density at radius 3 is 2.59 bits per heavy atom. The van der Waals surface area contributed by atoms with E-state index in [4.69, 9.17) is 23.2 Å². The number of hydrogen-bond donors (Lipinski definition) is 1. The molecule has 1 atom stereocenters. The molecule has 1 unspecified atom stereocenters. The lowest BCUT2D eigenvalue weighted by Gasteiger charge is -2.09. The summed E-state index contributed by atoms with van der Waals surface area (Å²) in [7, 11) is 0. The summed E-state index contributed by atoms with van der Waals surface area (Å²) in [4.78, 5) is 0. The molecule has 0 radical (unpaired) electrons. The van der Waals surface area contributed by atoms with Crippen molar-refractivity contribution < 1.29 is 0 Å². The summed E-state index contributed by atoms with van der Waals surface area (Å²) in [5, 5.41) is 8.78. The van der Waals surface area contributed by atoms with E-state index in [1.54, 1.807) is 0 Å². The van der Waals surface area contributed by atoms with Crippen molar-refractivity contribution in [3.05, 3.63) is 16.4 Å². The molecule has 0 amide bonds. The molecule has 1 rings (SSSR count). The summed E-state index contributed by atoms with van der Waals surface area (Å²) < 4.78 is 1.96. The van der Waals surface area contributed by atoms with E-state index in [1.807, 2.05) is 4.68 Å². The number of hydrogen-bond acceptors (Lipinski definition) is 2. The van der Waals surface area contributed by atoms with Gasteiger partial charge < -0.3 is 5.32 Å². The summed E-state index contributed by atoms with van der Waals surface area (Å²) in [6, 6.07) is 0. The zero-order valence-electron chi connectivity index (χ0n) is 10.8. The number of rotatable bonds is 7. The molecule has 5 heteroatoms. The lowest BCUT2D eigenvalue weighted by molar-refractivity contribution is 0.570. The Hall–Kier alpha value is -0.250. The standard InChI is InChI=1S/C12H21Cl2N3/c1-4-9(13)7-15-8-11-12(14)10(5-2)16-17(11)6-3/h9,15H,4-8H2,1-3H3. The smallest absolute Gasteiger partial charge is 0.0863 e. The Morgan fingerprint density at radius 2 is 2.06 bits per heavy atom. The van der Waals surface area contributed by atoms with Crippen LogP contribution in [0, 0.1) is 0 Å². The maximum atomic E-state index is 6.30. The average Bonchev–Trinajstić information content (AvgIpc) is 2.65. The molecule has 0 aliphatic heterocycles. The molecular weight excluding hydrogens is 257 g/mol. The zero-order chi connectivity index (χ0) is 12.8. The van der Waals surface area contributed by atoms with Crippen LogP contribution in [-0.2, 0) is 19.5 Å². The van der Waals surface area contributed by atoms with E-state index in [0.29, 0.717) is 0 Å². The first-order chi connectivity index (χ1) is 8.13. The van der Waals surface area contributed by atoms with Crippen LogP contribution in [0.25, 0.3) is 0 Å². The van der Waals surface area contributed by atoms with Crippen LogP contribution < -0.4 is 5.32 Å². The second-order valence-corrected chi connectivity index (χ2v) is 5.01. The van der Waals surface area contributed by atoms with Crippen LogP contribution >= 0.6 is 23.2 Å². The number of halogens is 2. The van der Waals surface area contributed by atoms with Gasteiger partial charge >= 0.3 is 0 Å². The Balaban J connectivity index is 2.66. The van der Waals surface area contributed by atoms with Crippen molar-refractivity contribution in [1.29, 1.82) is 0 Å². The molecule has 0 aliphatic carbocycles. The maximum absolute atomic E-state index is 6.30. The van der Waals surface area contributed by atoms with Crippen molar-refractivity contribution in [3.8, 4) is 0 Å². The zero-order valence-corrected chi connectivity index (χ0v) is 12.3. The lowest BCUT2D eigenvalue weighted by Crippen LogP contribution is -2.24. The highest BCUT2D eigenvalue weighted by Gasteiger charge is 2.13. The number of aryl methyl sites for hydroxylation is 2. The lowest BCUT2D eigenvalue weighted by atomic mass is 10.3. The number of nitrogens with zero attached hydrogens (tertiary/aromatic N) is 2. The fourth-order valence-corrected chi connectivity index (χ4v) is 2.12. The van der Waals surface area contributed by atoms with Crippen molar-refractivity contribution >= 4 is 23.2 Å². The molecular formula is C12H21Cl2N3. The van der Waals surface area contributed by atoms with Crippen LogP contribution in [0.4, 0.5) is 0 Å². The molecule has 0 saturated carbocycles. The third-order valence-corrected chi connectivity index (χ3v) is 3.69. The molecule has 1 aromatic heterocycles. The highest BCUT2D eigenvalue weighted by Crippen LogP contribution is 2.21. The summed E-state index contributed by atoms with van der Waals surface area (Å²) >= 11 is 12.4. The first-order valence-electron chi connectivity index (χ1n) is 6.22. The Labute approximate surface area is 113 Å². The van der Waals surface area contributed by atoms with E-state index in [-0.39, 0.29) is 5.38 Å². The van der Waals surface area contributed by atoms with Gasteiger partial charge in [0.05, 0.1) is 16.4 Å². The van der Waals surface area contributed by atoms with Crippen LogP contribution in [0.1, 0.15) is 38.6 Å². The minimum Gasteiger partial charge on any atom is -0.310 e. The third kappa shape index (κ3) is 3.87. The maximum Gasteiger partial charge on any atom is 0.0863 e. The predicted octanol–water partition coefficient (Wildman–Crippen LogP) is 3.23. The van der Waals surface area contributed by atoms with Gasteiger partial charge in [-0.15, -0.1) is 11.6 Å². The second-order valence-electron chi connectivity index (χ2n) is 4.01. The summed E-state index contributed by atoms with van der Waals surface area (Å²) in [5.41, 5.74) is 2.04. The second kappa shape index (κ2) is 7.24. The van der Waals surface area contributed by atoms with Crippen LogP contribution in [-0.4, -0.2) is 21.7 Å². The van der Waals surface area contributed by atoms with Crippen molar-refractivity contribution in [2.45, 2.75) is 52.1 Å². The van der Waals surface area contributed by atoms with Gasteiger partial charge in [-0.3, -0.25) is 4.68 Å². The highest BCUT2D eigenvalue weighted by molar-refractivity contribution is 6.31. The Bertz CT molecular complexity index is 350. The first kappa shape index (κ1) is 14.8. The summed E-state index contributed by atoms with van der Waals surface area (Å²) in [6.07, 6.45) is 1.83. The van der Waals surface area contributed by atoms with Gasteiger partial charge in [0.15, 0.2) is 0 Å². The monoisotopic (exact) mass is 277 g/mol. The number of aromatic nitrogens is 2. The average molecular weight is 278 g/mol. The molecule has 0 fully saturated rings. The normalized spacial score (nSPS) is 13.0. The van der Waals surface area contributed by atoms with E-state index in [2.05, 4.69) is 31.2 Å². The molecule has 3 nitrogen and oxygen atoms in total. The minimum absolute atomic E-state index is 0.178. The Morgan fingerprint density at radius 1 is 1.35 bits per heavy atom. The van der Waals surface area contributed by atoms with Crippen LogP contribution in [0.3, 0.4) is 0 Å². The van der Waals surface area contributed by atoms with Gasteiger partial charge in [0.2, 0.25) is 0 Å². The van der Waals surface area contributed by atoms with Crippen molar-refractivity contribution in [2.24, 2.45) is 0 Å². The topological polar surface area (TPSA) is 29.9 Å². The van der Waals surface area contributed by atoms with Crippen molar-refractivity contribution in [1.82, 2.24) is 15.1 Å². The van der Waals surface area contributed by atoms with Gasteiger partial charge in [-0.05, 0) is 19.8 Å². The molecule has 0 spiro atoms. The van der Waals surface area contributed by atoms with Gasteiger partial charge in [0.1, 0.15) is 0 Å². The van der Waals surface area contributed by atoms with Crippen molar-refractivity contribution in [2.75, 3.05) is 6.54 Å². The van der Waals surface area contributed by atoms with Gasteiger partial charge in [0, 0.05) is 25.0 Å². The van der Waals surface area contributed by atoms with Gasteiger partial charge in [0.25, 0.3) is 0 Å². The molecule has 0 aromatic carbocycles. The van der Waals surface area contributed by atoms with Crippen LogP contribution in [0.2, 0.25) is 5.02 Å². The largest absolute Gasteiger partial charge is 0.310 e. The first-order valence-corrected chi connectivity index (χ1v) is 7.04. The van der Waals surface area contributed by atoms with Crippen molar-refractivity contribution in [3.63, 3.8) is 0 Å². The third-order valence-electron chi connectivity index (χ3n) is 2.80. The molecule has 1 heterocycles. The highest BCUT2D eigenvalue weighted by atomic mass is 35.5. The van der Waals surface area contributed by atoms with Gasteiger partial charge in [-0.25, -0.2) is 0 Å². The summed E-state index contributed by atoms with van der Waals surface area (Å²) in [6.45, 7) is 8.58. The minimum atomic E-state index is 0.178. The number of alkyl halides is 1. The van der Waals surface area contributed by atoms with Gasteiger partial charge in [-0.2, -0.15) is 5.10 Å². The van der Waals surface area contributed by atoms with E-state index in [9.17, 15) is 0 Å². The fourth-order valence-electron chi connectivity index (χ4n) is 1.68. The fraction of sp³-hybridized carbons (Fsp3) is 0.750. The molecule has 0 bridgehead atoms. The van der Waals surface area contributed by atoms with E-state index < -0.39 is 0 Å². The van der Waals surface area contributed by atoms with E-state index in [1.165, 1.54) is 0 Å². The molecule has 0 aliphatic rings. The molecule has 17 heavy (non-hydrogen) atoms. The number of nitrogens with one attached hydrogen (secondary N) is 1. The quantitative estimate of drug-likeness (QED) is 0.776. The van der Waals surface area contributed by atoms with Gasteiger partial charge in [-0.1, -0.05) is 25.4 Å². The Kier molecular flexibility index (Phi) is 6.31. The predicted molar refractivity (Wildman–Crippen MR) is 73.9 cm³/mol. The van der Waals surface area contributed by atoms with Crippen LogP contribution in [0.15, 0.2) is 0 Å². The van der Waals surface area contributed by atoms with Crippen LogP contribution in [0.5, 0.6) is 0 Å². The molecule has 1 N–H and O–H groups in total.